The average molecular weight is 297 g/mol. The van der Waals surface area contributed by atoms with Crippen molar-refractivity contribution < 1.29 is 0 Å². The molecular weight excluding hydrogens is 274 g/mol. The van der Waals surface area contributed by atoms with Crippen molar-refractivity contribution in [3.8, 4) is 0 Å². The van der Waals surface area contributed by atoms with E-state index >= 15 is 0 Å². The van der Waals surface area contributed by atoms with Crippen LogP contribution in [0.4, 0.5) is 5.69 Å². The summed E-state index contributed by atoms with van der Waals surface area (Å²) in [6.07, 6.45) is 5.51. The third-order valence-corrected chi connectivity index (χ3v) is 4.82. The molecule has 0 saturated carbocycles. The number of fused-ring (bicyclic) bond motifs is 1. The van der Waals surface area contributed by atoms with Crippen molar-refractivity contribution in [1.82, 2.24) is 19.7 Å². The molecule has 0 atom stereocenters. The second-order valence-electron chi connectivity index (χ2n) is 6.33. The van der Waals surface area contributed by atoms with Crippen molar-refractivity contribution in [3.05, 3.63) is 42.0 Å². The van der Waals surface area contributed by atoms with Crippen molar-refractivity contribution in [2.75, 3.05) is 31.1 Å². The first kappa shape index (κ1) is 13.8. The van der Waals surface area contributed by atoms with Crippen molar-refractivity contribution >= 4 is 5.69 Å². The second-order valence-corrected chi connectivity index (χ2v) is 6.33. The highest BCUT2D eigenvalue weighted by atomic mass is 15.3. The topological polar surface area (TPSA) is 37.2 Å². The van der Waals surface area contributed by atoms with E-state index in [2.05, 4.69) is 48.8 Å². The molecule has 0 unspecified atom stereocenters. The Morgan fingerprint density at radius 1 is 0.909 bits per heavy atom. The highest BCUT2D eigenvalue weighted by Gasteiger charge is 2.15. The Morgan fingerprint density at radius 3 is 2.55 bits per heavy atom. The molecule has 4 rings (SSSR count). The van der Waals surface area contributed by atoms with Crippen LogP contribution in [-0.4, -0.2) is 45.8 Å². The number of anilines is 1. The lowest BCUT2D eigenvalue weighted by Crippen LogP contribution is -2.26. The molecule has 0 spiro atoms. The maximum absolute atomic E-state index is 4.19. The lowest BCUT2D eigenvalue weighted by Gasteiger charge is -2.21. The monoisotopic (exact) mass is 297 g/mol. The first-order valence-electron chi connectivity index (χ1n) is 8.31. The Labute approximate surface area is 131 Å². The molecule has 2 aromatic rings. The number of hydrogen-bond donors (Lipinski definition) is 0. The van der Waals surface area contributed by atoms with Gasteiger partial charge in [0.25, 0.3) is 0 Å². The van der Waals surface area contributed by atoms with Gasteiger partial charge in [0.1, 0.15) is 12.2 Å². The minimum Gasteiger partial charge on any atom is -0.372 e. The summed E-state index contributed by atoms with van der Waals surface area (Å²) in [6.45, 7) is 6.58. The Hall–Kier alpha value is -1.88. The molecule has 0 bridgehead atoms. The molecule has 0 amide bonds. The highest BCUT2D eigenvalue weighted by Crippen LogP contribution is 2.21. The van der Waals surface area contributed by atoms with E-state index < -0.39 is 0 Å². The highest BCUT2D eigenvalue weighted by molar-refractivity contribution is 5.48. The summed E-state index contributed by atoms with van der Waals surface area (Å²) in [5, 5.41) is 8.19. The minimum atomic E-state index is 0.992. The zero-order chi connectivity index (χ0) is 14.8. The number of benzene rings is 1. The van der Waals surface area contributed by atoms with Gasteiger partial charge in [-0.15, -0.1) is 10.2 Å². The van der Waals surface area contributed by atoms with Crippen molar-refractivity contribution in [1.29, 1.82) is 0 Å². The van der Waals surface area contributed by atoms with E-state index in [-0.39, 0.29) is 0 Å². The van der Waals surface area contributed by atoms with Crippen LogP contribution >= 0.6 is 0 Å². The predicted molar refractivity (Wildman–Crippen MR) is 86.9 cm³/mol. The molecule has 0 N–H and O–H groups in total. The summed E-state index contributed by atoms with van der Waals surface area (Å²) in [4.78, 5) is 5.00. The van der Waals surface area contributed by atoms with Gasteiger partial charge in [-0.1, -0.05) is 12.1 Å². The van der Waals surface area contributed by atoms with Gasteiger partial charge in [-0.3, -0.25) is 4.90 Å². The van der Waals surface area contributed by atoms with E-state index in [0.717, 1.165) is 38.4 Å². The molecule has 1 saturated heterocycles. The maximum Gasteiger partial charge on any atom is 0.134 e. The van der Waals surface area contributed by atoms with Crippen LogP contribution in [0.1, 0.15) is 24.2 Å². The third-order valence-electron chi connectivity index (χ3n) is 4.82. The summed E-state index contributed by atoms with van der Waals surface area (Å²) in [7, 11) is 0. The molecule has 5 heteroatoms. The lowest BCUT2D eigenvalue weighted by molar-refractivity contribution is 0.271. The molecule has 1 aromatic carbocycles. The minimum absolute atomic E-state index is 0.992. The largest absolute Gasteiger partial charge is 0.372 e. The fraction of sp³-hybridized carbons (Fsp3) is 0.529. The van der Waals surface area contributed by atoms with E-state index in [0.29, 0.717) is 0 Å². The van der Waals surface area contributed by atoms with Crippen LogP contribution in [0.2, 0.25) is 0 Å². The summed E-state index contributed by atoms with van der Waals surface area (Å²) < 4.78 is 2.18. The van der Waals surface area contributed by atoms with Crippen LogP contribution in [0.15, 0.2) is 30.6 Å². The van der Waals surface area contributed by atoms with Gasteiger partial charge in [0.15, 0.2) is 0 Å². The van der Waals surface area contributed by atoms with Gasteiger partial charge in [0.2, 0.25) is 0 Å². The molecule has 1 fully saturated rings. The van der Waals surface area contributed by atoms with E-state index in [9.17, 15) is 0 Å². The van der Waals surface area contributed by atoms with Crippen molar-refractivity contribution in [3.63, 3.8) is 0 Å². The molecule has 0 radical (unpaired) electrons. The number of aromatic nitrogens is 3. The molecule has 1 aromatic heterocycles. The van der Waals surface area contributed by atoms with E-state index in [1.807, 2.05) is 6.33 Å². The first-order chi connectivity index (χ1) is 10.9. The summed E-state index contributed by atoms with van der Waals surface area (Å²) in [5.41, 5.74) is 2.78. The van der Waals surface area contributed by atoms with Gasteiger partial charge in [-0.05, 0) is 30.5 Å². The second kappa shape index (κ2) is 6.08. The van der Waals surface area contributed by atoms with E-state index in [1.165, 1.54) is 37.2 Å². The summed E-state index contributed by atoms with van der Waals surface area (Å²) >= 11 is 0. The van der Waals surface area contributed by atoms with Crippen LogP contribution in [0.5, 0.6) is 0 Å². The van der Waals surface area contributed by atoms with Gasteiger partial charge in [0.05, 0.1) is 0 Å². The fourth-order valence-electron chi connectivity index (χ4n) is 3.48. The predicted octanol–water partition coefficient (Wildman–Crippen LogP) is 1.94. The first-order valence-corrected chi connectivity index (χ1v) is 8.31. The Kier molecular flexibility index (Phi) is 3.81. The van der Waals surface area contributed by atoms with Crippen molar-refractivity contribution in [2.24, 2.45) is 0 Å². The van der Waals surface area contributed by atoms with Crippen LogP contribution in [-0.2, 0) is 19.5 Å². The summed E-state index contributed by atoms with van der Waals surface area (Å²) in [6, 6.07) is 9.15. The standard InChI is InChI=1S/C17H23N5/c1-2-9-21(8-1)16-5-3-15(4-6-16)13-20-10-7-17-19-18-14-22(17)12-11-20/h3-6,14H,1-2,7-13H2. The van der Waals surface area contributed by atoms with E-state index in [4.69, 9.17) is 0 Å². The molecule has 2 aliphatic heterocycles. The van der Waals surface area contributed by atoms with Crippen LogP contribution in [0.25, 0.3) is 0 Å². The van der Waals surface area contributed by atoms with Crippen LogP contribution < -0.4 is 4.90 Å². The SMILES string of the molecule is c1cc(N2CCCC2)ccc1CN1CCc2nncn2CC1. The number of hydrogen-bond acceptors (Lipinski definition) is 4. The zero-order valence-corrected chi connectivity index (χ0v) is 13.0. The maximum atomic E-state index is 4.19. The van der Waals surface area contributed by atoms with Crippen LogP contribution in [0, 0.1) is 0 Å². The Bertz CT molecular complexity index is 590. The van der Waals surface area contributed by atoms with Crippen LogP contribution in [0.3, 0.4) is 0 Å². The quantitative estimate of drug-likeness (QED) is 0.867. The van der Waals surface area contributed by atoms with Gasteiger partial charge >= 0.3 is 0 Å². The molecule has 116 valence electrons. The third kappa shape index (κ3) is 2.86. The molecule has 3 heterocycles. The number of rotatable bonds is 3. The summed E-state index contributed by atoms with van der Waals surface area (Å²) in [5.74, 6) is 1.12. The van der Waals surface area contributed by atoms with Gasteiger partial charge < -0.3 is 9.47 Å². The molecule has 5 nitrogen and oxygen atoms in total. The van der Waals surface area contributed by atoms with Gasteiger partial charge in [-0.2, -0.15) is 0 Å². The molecule has 2 aliphatic rings. The number of nitrogens with zero attached hydrogens (tertiary/aromatic N) is 5. The normalized spacial score (nSPS) is 19.2. The lowest BCUT2D eigenvalue weighted by atomic mass is 10.2. The van der Waals surface area contributed by atoms with E-state index in [1.54, 1.807) is 0 Å². The van der Waals surface area contributed by atoms with Gasteiger partial charge in [-0.25, -0.2) is 0 Å². The average Bonchev–Trinajstić information content (AvgIpc) is 3.20. The molecular formula is C17H23N5. The fourth-order valence-corrected chi connectivity index (χ4v) is 3.48. The zero-order valence-electron chi connectivity index (χ0n) is 13.0. The molecule has 22 heavy (non-hydrogen) atoms. The van der Waals surface area contributed by atoms with Crippen molar-refractivity contribution in [2.45, 2.75) is 32.4 Å². The molecule has 0 aliphatic carbocycles. The Balaban J connectivity index is 1.38. The smallest absolute Gasteiger partial charge is 0.134 e. The van der Waals surface area contributed by atoms with Gasteiger partial charge in [0, 0.05) is 51.4 Å². The Morgan fingerprint density at radius 2 is 1.73 bits per heavy atom.